The predicted molar refractivity (Wildman–Crippen MR) is 58.0 cm³/mol. The van der Waals surface area contributed by atoms with Crippen molar-refractivity contribution >= 4 is 15.9 Å². The van der Waals surface area contributed by atoms with Gasteiger partial charge in [-0.25, -0.2) is 4.39 Å². The summed E-state index contributed by atoms with van der Waals surface area (Å²) in [6.45, 7) is 3.51. The van der Waals surface area contributed by atoms with Gasteiger partial charge >= 0.3 is 0 Å². The maximum absolute atomic E-state index is 13.5. The Morgan fingerprint density at radius 1 is 1.57 bits per heavy atom. The molecule has 14 heavy (non-hydrogen) atoms. The van der Waals surface area contributed by atoms with Crippen LogP contribution in [0.25, 0.3) is 0 Å². The van der Waals surface area contributed by atoms with Gasteiger partial charge in [-0.2, -0.15) is 0 Å². The molecule has 2 nitrogen and oxygen atoms in total. The fraction of sp³-hybridized carbons (Fsp3) is 0.400. The Kier molecular flexibility index (Phi) is 3.50. The van der Waals surface area contributed by atoms with Gasteiger partial charge in [-0.15, -0.1) is 0 Å². The summed E-state index contributed by atoms with van der Waals surface area (Å²) in [5.41, 5.74) is 7.04. The molecular formula is C10H13BrFNO. The van der Waals surface area contributed by atoms with Crippen molar-refractivity contribution in [3.05, 3.63) is 27.5 Å². The lowest BCUT2D eigenvalue weighted by Crippen LogP contribution is -2.09. The number of hydrogen-bond donors (Lipinski definition) is 1. The first-order chi connectivity index (χ1) is 6.49. The molecule has 0 saturated heterocycles. The lowest BCUT2D eigenvalue weighted by molar-refractivity contribution is 0.398. The largest absolute Gasteiger partial charge is 0.496 e. The van der Waals surface area contributed by atoms with Gasteiger partial charge in [-0.3, -0.25) is 0 Å². The van der Waals surface area contributed by atoms with Crippen LogP contribution in [0.5, 0.6) is 5.75 Å². The molecule has 0 bridgehead atoms. The van der Waals surface area contributed by atoms with E-state index in [1.54, 1.807) is 13.0 Å². The molecule has 0 heterocycles. The molecule has 1 rings (SSSR count). The molecular weight excluding hydrogens is 249 g/mol. The summed E-state index contributed by atoms with van der Waals surface area (Å²) in [5, 5.41) is 0. The van der Waals surface area contributed by atoms with E-state index in [2.05, 4.69) is 15.9 Å². The average Bonchev–Trinajstić information content (AvgIpc) is 2.13. The van der Waals surface area contributed by atoms with E-state index in [-0.39, 0.29) is 11.9 Å². The Morgan fingerprint density at radius 3 is 2.57 bits per heavy atom. The lowest BCUT2D eigenvalue weighted by Gasteiger charge is -2.15. The molecule has 0 fully saturated rings. The highest BCUT2D eigenvalue weighted by Crippen LogP contribution is 2.33. The van der Waals surface area contributed by atoms with Gasteiger partial charge in [0.2, 0.25) is 0 Å². The lowest BCUT2D eigenvalue weighted by atomic mass is 10.0. The fourth-order valence-corrected chi connectivity index (χ4v) is 1.91. The Balaban J connectivity index is 3.43. The van der Waals surface area contributed by atoms with Gasteiger partial charge < -0.3 is 10.5 Å². The molecule has 0 amide bonds. The monoisotopic (exact) mass is 261 g/mol. The molecule has 1 atom stereocenters. The zero-order valence-electron chi connectivity index (χ0n) is 8.40. The molecule has 0 aliphatic carbocycles. The number of nitrogens with two attached hydrogens (primary N) is 1. The second-order valence-electron chi connectivity index (χ2n) is 3.21. The summed E-state index contributed by atoms with van der Waals surface area (Å²) in [7, 11) is 1.52. The Bertz CT molecular complexity index is 352. The molecule has 0 aliphatic heterocycles. The molecule has 0 spiro atoms. The third-order valence-corrected chi connectivity index (χ3v) is 2.70. The van der Waals surface area contributed by atoms with Gasteiger partial charge in [-0.1, -0.05) is 0 Å². The van der Waals surface area contributed by atoms with Crippen LogP contribution in [0, 0.1) is 12.7 Å². The molecule has 1 unspecified atom stereocenters. The number of hydrogen-bond acceptors (Lipinski definition) is 2. The van der Waals surface area contributed by atoms with Crippen LogP contribution in [-0.4, -0.2) is 7.11 Å². The van der Waals surface area contributed by atoms with Crippen molar-refractivity contribution in [3.63, 3.8) is 0 Å². The number of rotatable bonds is 2. The number of ether oxygens (including phenoxy) is 1. The molecule has 0 saturated carbocycles. The fourth-order valence-electron chi connectivity index (χ4n) is 1.37. The Hall–Kier alpha value is -0.610. The maximum Gasteiger partial charge on any atom is 0.143 e. The minimum atomic E-state index is -0.300. The Labute approximate surface area is 91.4 Å². The average molecular weight is 262 g/mol. The first-order valence-electron chi connectivity index (χ1n) is 4.27. The van der Waals surface area contributed by atoms with Crippen LogP contribution < -0.4 is 10.5 Å². The van der Waals surface area contributed by atoms with E-state index < -0.39 is 0 Å². The summed E-state index contributed by atoms with van der Waals surface area (Å²) in [5.74, 6) is 0.229. The molecule has 1 aromatic carbocycles. The molecule has 1 aromatic rings. The van der Waals surface area contributed by atoms with Gasteiger partial charge in [0.1, 0.15) is 11.6 Å². The third kappa shape index (κ3) is 1.91. The summed E-state index contributed by atoms with van der Waals surface area (Å²) >= 11 is 3.14. The van der Waals surface area contributed by atoms with Crippen LogP contribution in [0.4, 0.5) is 4.39 Å². The smallest absolute Gasteiger partial charge is 0.143 e. The number of methoxy groups -OCH3 is 1. The van der Waals surface area contributed by atoms with E-state index in [9.17, 15) is 4.39 Å². The molecule has 2 N–H and O–H groups in total. The highest BCUT2D eigenvalue weighted by molar-refractivity contribution is 9.10. The second-order valence-corrected chi connectivity index (χ2v) is 4.06. The third-order valence-electron chi connectivity index (χ3n) is 2.12. The molecule has 78 valence electrons. The van der Waals surface area contributed by atoms with Crippen molar-refractivity contribution in [1.29, 1.82) is 0 Å². The SMILES string of the molecule is COc1c(C(C)N)cc(Br)c(F)c1C. The molecule has 0 aromatic heterocycles. The van der Waals surface area contributed by atoms with E-state index >= 15 is 0 Å². The van der Waals surface area contributed by atoms with Gasteiger partial charge in [0.25, 0.3) is 0 Å². The molecule has 0 aliphatic rings. The van der Waals surface area contributed by atoms with Crippen LogP contribution in [-0.2, 0) is 0 Å². The minimum absolute atomic E-state index is 0.180. The van der Waals surface area contributed by atoms with Crippen LogP contribution in [0.1, 0.15) is 24.1 Å². The quantitative estimate of drug-likeness (QED) is 0.889. The van der Waals surface area contributed by atoms with Crippen LogP contribution >= 0.6 is 15.9 Å². The van der Waals surface area contributed by atoms with Gasteiger partial charge in [0.15, 0.2) is 0 Å². The standard InChI is InChI=1S/C10H13BrFNO/c1-5-9(12)8(11)4-7(6(2)13)10(5)14-3/h4,6H,13H2,1-3H3. The van der Waals surface area contributed by atoms with Crippen molar-refractivity contribution in [2.75, 3.05) is 7.11 Å². The summed E-state index contributed by atoms with van der Waals surface area (Å²) in [6.07, 6.45) is 0. The van der Waals surface area contributed by atoms with Crippen molar-refractivity contribution in [2.45, 2.75) is 19.9 Å². The van der Waals surface area contributed by atoms with E-state index in [1.807, 2.05) is 6.92 Å². The van der Waals surface area contributed by atoms with Gasteiger partial charge in [-0.05, 0) is 35.8 Å². The zero-order valence-corrected chi connectivity index (χ0v) is 9.98. The zero-order chi connectivity index (χ0) is 10.9. The highest BCUT2D eigenvalue weighted by Gasteiger charge is 2.16. The van der Waals surface area contributed by atoms with Crippen LogP contribution in [0.15, 0.2) is 10.5 Å². The molecule has 0 radical (unpaired) electrons. The van der Waals surface area contributed by atoms with Crippen molar-refractivity contribution < 1.29 is 9.13 Å². The second kappa shape index (κ2) is 4.28. The van der Waals surface area contributed by atoms with Crippen molar-refractivity contribution in [1.82, 2.24) is 0 Å². The first-order valence-corrected chi connectivity index (χ1v) is 5.06. The summed E-state index contributed by atoms with van der Waals surface area (Å²) in [6, 6.07) is 1.48. The van der Waals surface area contributed by atoms with Gasteiger partial charge in [0.05, 0.1) is 11.6 Å². The normalized spacial score (nSPS) is 12.7. The van der Waals surface area contributed by atoms with E-state index in [0.717, 1.165) is 5.56 Å². The highest BCUT2D eigenvalue weighted by atomic mass is 79.9. The van der Waals surface area contributed by atoms with Crippen molar-refractivity contribution in [2.24, 2.45) is 5.73 Å². The van der Waals surface area contributed by atoms with E-state index in [4.69, 9.17) is 10.5 Å². The topological polar surface area (TPSA) is 35.2 Å². The van der Waals surface area contributed by atoms with Crippen molar-refractivity contribution in [3.8, 4) is 5.75 Å². The van der Waals surface area contributed by atoms with Crippen LogP contribution in [0.3, 0.4) is 0 Å². The predicted octanol–water partition coefficient (Wildman–Crippen LogP) is 2.92. The van der Waals surface area contributed by atoms with E-state index in [1.165, 1.54) is 7.11 Å². The number of benzene rings is 1. The van der Waals surface area contributed by atoms with E-state index in [0.29, 0.717) is 15.8 Å². The first kappa shape index (κ1) is 11.5. The Morgan fingerprint density at radius 2 is 2.14 bits per heavy atom. The summed E-state index contributed by atoms with van der Waals surface area (Å²) < 4.78 is 19.0. The summed E-state index contributed by atoms with van der Waals surface area (Å²) in [4.78, 5) is 0. The number of halogens is 2. The van der Waals surface area contributed by atoms with Gasteiger partial charge in [0, 0.05) is 17.2 Å². The minimum Gasteiger partial charge on any atom is -0.496 e. The molecule has 4 heteroatoms. The van der Waals surface area contributed by atoms with Crippen LogP contribution in [0.2, 0.25) is 0 Å². The maximum atomic E-state index is 13.5.